The van der Waals surface area contributed by atoms with E-state index in [0.717, 1.165) is 0 Å². The Kier molecular flexibility index (Phi) is 6.42. The summed E-state index contributed by atoms with van der Waals surface area (Å²) in [6.45, 7) is 4.21. The van der Waals surface area contributed by atoms with Crippen molar-refractivity contribution in [3.05, 3.63) is 0 Å². The van der Waals surface area contributed by atoms with E-state index >= 15 is 0 Å². The van der Waals surface area contributed by atoms with Gasteiger partial charge in [0, 0.05) is 19.6 Å². The van der Waals surface area contributed by atoms with E-state index in [9.17, 15) is 13.2 Å². The fourth-order valence-corrected chi connectivity index (χ4v) is 1.15. The lowest BCUT2D eigenvalue weighted by Crippen LogP contribution is -2.11. The van der Waals surface area contributed by atoms with E-state index in [4.69, 9.17) is 10.00 Å². The lowest BCUT2D eigenvalue weighted by Gasteiger charge is -2.14. The molecule has 0 atom stereocenters. The zero-order chi connectivity index (χ0) is 12.7. The van der Waals surface area contributed by atoms with Crippen LogP contribution in [0.5, 0.6) is 0 Å². The number of hydrogen-bond donors (Lipinski definition) is 0. The Morgan fingerprint density at radius 3 is 2.00 bits per heavy atom. The highest BCUT2D eigenvalue weighted by Crippen LogP contribution is 2.22. The van der Waals surface area contributed by atoms with E-state index in [1.165, 1.54) is 0 Å². The van der Waals surface area contributed by atoms with Gasteiger partial charge in [-0.3, -0.25) is 0 Å². The molecule has 0 fully saturated rings. The molecular formula is C11H18F3NO. The Labute approximate surface area is 94.4 Å². The lowest BCUT2D eigenvalue weighted by molar-refractivity contribution is -0.137. The van der Waals surface area contributed by atoms with E-state index in [-0.39, 0.29) is 18.4 Å². The second-order valence-electron chi connectivity index (χ2n) is 4.43. The second kappa shape index (κ2) is 6.74. The van der Waals surface area contributed by atoms with Gasteiger partial charge < -0.3 is 4.74 Å². The van der Waals surface area contributed by atoms with E-state index < -0.39 is 12.6 Å². The first kappa shape index (κ1) is 15.2. The average Bonchev–Trinajstić information content (AvgIpc) is 2.14. The van der Waals surface area contributed by atoms with Gasteiger partial charge in [-0.2, -0.15) is 18.4 Å². The number of hydrogen-bond acceptors (Lipinski definition) is 2. The van der Waals surface area contributed by atoms with Crippen molar-refractivity contribution >= 4 is 0 Å². The highest BCUT2D eigenvalue weighted by molar-refractivity contribution is 4.91. The maximum absolute atomic E-state index is 11.7. The Balaban J connectivity index is 3.33. The van der Waals surface area contributed by atoms with Gasteiger partial charge in [-0.05, 0) is 33.1 Å². The van der Waals surface area contributed by atoms with Crippen molar-refractivity contribution < 1.29 is 17.9 Å². The van der Waals surface area contributed by atoms with Crippen LogP contribution in [0.3, 0.4) is 0 Å². The molecule has 5 heteroatoms. The predicted molar refractivity (Wildman–Crippen MR) is 54.7 cm³/mol. The van der Waals surface area contributed by atoms with Crippen molar-refractivity contribution in [3.8, 4) is 6.07 Å². The molecule has 0 rings (SSSR count). The Morgan fingerprint density at radius 2 is 1.56 bits per heavy atom. The molecule has 0 aliphatic rings. The summed E-state index contributed by atoms with van der Waals surface area (Å²) in [6, 6.07) is 2.16. The summed E-state index contributed by atoms with van der Waals surface area (Å²) in [5, 5.41) is 8.71. The molecule has 0 radical (unpaired) electrons. The molecule has 0 heterocycles. The number of ether oxygens (including phenoxy) is 1. The minimum Gasteiger partial charge on any atom is -0.381 e. The smallest absolute Gasteiger partial charge is 0.381 e. The molecule has 2 nitrogen and oxygen atoms in total. The SMILES string of the molecule is CC(C)(C#N)CCCOCCCC(F)(F)F. The Bertz CT molecular complexity index is 230. The molecule has 0 spiro atoms. The minimum absolute atomic E-state index is 0.00510. The molecule has 0 amide bonds. The number of nitriles is 1. The summed E-state index contributed by atoms with van der Waals surface area (Å²) < 4.78 is 40.3. The van der Waals surface area contributed by atoms with Gasteiger partial charge in [0.15, 0.2) is 0 Å². The first-order valence-corrected chi connectivity index (χ1v) is 5.33. The fourth-order valence-electron chi connectivity index (χ4n) is 1.15. The van der Waals surface area contributed by atoms with Crippen LogP contribution in [-0.2, 0) is 4.74 Å². The van der Waals surface area contributed by atoms with Crippen LogP contribution in [0.2, 0.25) is 0 Å². The van der Waals surface area contributed by atoms with Crippen molar-refractivity contribution in [2.45, 2.75) is 45.7 Å². The molecule has 0 aliphatic heterocycles. The predicted octanol–water partition coefficient (Wildman–Crippen LogP) is 3.68. The molecule has 0 aromatic heterocycles. The van der Waals surface area contributed by atoms with Gasteiger partial charge in [0.25, 0.3) is 0 Å². The van der Waals surface area contributed by atoms with E-state index in [1.54, 1.807) is 0 Å². The molecule has 16 heavy (non-hydrogen) atoms. The topological polar surface area (TPSA) is 33.0 Å². The zero-order valence-corrected chi connectivity index (χ0v) is 9.73. The van der Waals surface area contributed by atoms with Gasteiger partial charge in [0.2, 0.25) is 0 Å². The van der Waals surface area contributed by atoms with Crippen molar-refractivity contribution in [1.82, 2.24) is 0 Å². The number of nitrogens with zero attached hydrogens (tertiary/aromatic N) is 1. The van der Waals surface area contributed by atoms with Crippen LogP contribution < -0.4 is 0 Å². The standard InChI is InChI=1S/C11H18F3NO/c1-10(2,9-15)5-3-7-16-8-4-6-11(12,13)14/h3-8H2,1-2H3. The third kappa shape index (κ3) is 9.78. The molecule has 0 aromatic rings. The van der Waals surface area contributed by atoms with Crippen LogP contribution >= 0.6 is 0 Å². The van der Waals surface area contributed by atoms with Crippen LogP contribution in [0.15, 0.2) is 0 Å². The third-order valence-corrected chi connectivity index (χ3v) is 2.14. The summed E-state index contributed by atoms with van der Waals surface area (Å²) in [4.78, 5) is 0. The highest BCUT2D eigenvalue weighted by Gasteiger charge is 2.25. The quantitative estimate of drug-likeness (QED) is 0.633. The third-order valence-electron chi connectivity index (χ3n) is 2.14. The summed E-state index contributed by atoms with van der Waals surface area (Å²) in [5.41, 5.74) is -0.380. The molecule has 0 aromatic carbocycles. The van der Waals surface area contributed by atoms with Crippen LogP contribution in [0.25, 0.3) is 0 Å². The molecule has 94 valence electrons. The molecule has 0 saturated carbocycles. The molecule has 0 saturated heterocycles. The van der Waals surface area contributed by atoms with Gasteiger partial charge in [-0.25, -0.2) is 0 Å². The van der Waals surface area contributed by atoms with E-state index in [2.05, 4.69) is 6.07 Å². The van der Waals surface area contributed by atoms with E-state index in [0.29, 0.717) is 19.4 Å². The largest absolute Gasteiger partial charge is 0.389 e. The number of rotatable bonds is 7. The van der Waals surface area contributed by atoms with Crippen LogP contribution in [0.4, 0.5) is 13.2 Å². The first-order valence-electron chi connectivity index (χ1n) is 5.33. The van der Waals surface area contributed by atoms with Gasteiger partial charge in [0.05, 0.1) is 11.5 Å². The summed E-state index contributed by atoms with van der Waals surface area (Å²) >= 11 is 0. The summed E-state index contributed by atoms with van der Waals surface area (Å²) in [7, 11) is 0. The molecule has 0 unspecified atom stereocenters. The van der Waals surface area contributed by atoms with Crippen molar-refractivity contribution in [2.75, 3.05) is 13.2 Å². The van der Waals surface area contributed by atoms with Crippen LogP contribution in [0, 0.1) is 16.7 Å². The van der Waals surface area contributed by atoms with Crippen molar-refractivity contribution in [1.29, 1.82) is 5.26 Å². The maximum atomic E-state index is 11.7. The normalized spacial score (nSPS) is 12.5. The van der Waals surface area contributed by atoms with Gasteiger partial charge in [0.1, 0.15) is 0 Å². The van der Waals surface area contributed by atoms with E-state index in [1.807, 2.05) is 13.8 Å². The highest BCUT2D eigenvalue weighted by atomic mass is 19.4. The van der Waals surface area contributed by atoms with Crippen molar-refractivity contribution in [2.24, 2.45) is 5.41 Å². The van der Waals surface area contributed by atoms with Gasteiger partial charge in [-0.1, -0.05) is 0 Å². The molecule has 0 bridgehead atoms. The summed E-state index contributed by atoms with van der Waals surface area (Å²) in [5.74, 6) is 0. The Morgan fingerprint density at radius 1 is 1.06 bits per heavy atom. The second-order valence-corrected chi connectivity index (χ2v) is 4.43. The van der Waals surface area contributed by atoms with Gasteiger partial charge >= 0.3 is 6.18 Å². The Hall–Kier alpha value is -0.760. The minimum atomic E-state index is -4.09. The lowest BCUT2D eigenvalue weighted by atomic mass is 9.90. The summed E-state index contributed by atoms with van der Waals surface area (Å²) in [6.07, 6.45) is -3.48. The molecule has 0 N–H and O–H groups in total. The average molecular weight is 237 g/mol. The number of alkyl halides is 3. The maximum Gasteiger partial charge on any atom is 0.389 e. The monoisotopic (exact) mass is 237 g/mol. The van der Waals surface area contributed by atoms with Crippen LogP contribution in [-0.4, -0.2) is 19.4 Å². The van der Waals surface area contributed by atoms with Crippen LogP contribution in [0.1, 0.15) is 39.5 Å². The molecule has 0 aliphatic carbocycles. The zero-order valence-electron chi connectivity index (χ0n) is 9.73. The van der Waals surface area contributed by atoms with Gasteiger partial charge in [-0.15, -0.1) is 0 Å². The first-order chi connectivity index (χ1) is 7.27. The fraction of sp³-hybridized carbons (Fsp3) is 0.909. The number of halogens is 3. The van der Waals surface area contributed by atoms with Crippen molar-refractivity contribution in [3.63, 3.8) is 0 Å². The molecular weight excluding hydrogens is 219 g/mol.